The zero-order valence-electron chi connectivity index (χ0n) is 9.89. The van der Waals surface area contributed by atoms with Crippen molar-refractivity contribution in [1.29, 1.82) is 0 Å². The van der Waals surface area contributed by atoms with E-state index in [2.05, 4.69) is 5.32 Å². The molecule has 0 atom stereocenters. The SMILES string of the molecule is Nc1cccc(CC(=O)NCCOCC(=O)O)c1. The molecule has 0 saturated carbocycles. The number of aliphatic carboxylic acids is 1. The molecular formula is C12H16N2O4. The fourth-order valence-corrected chi connectivity index (χ4v) is 1.37. The first-order valence-corrected chi connectivity index (χ1v) is 5.48. The number of nitrogen functional groups attached to an aromatic ring is 1. The van der Waals surface area contributed by atoms with Crippen molar-refractivity contribution in [3.05, 3.63) is 29.8 Å². The molecule has 1 rings (SSSR count). The largest absolute Gasteiger partial charge is 0.480 e. The first kappa shape index (κ1) is 14.0. The number of hydrogen-bond donors (Lipinski definition) is 3. The van der Waals surface area contributed by atoms with Crippen LogP contribution in [0.3, 0.4) is 0 Å². The maximum Gasteiger partial charge on any atom is 0.329 e. The lowest BCUT2D eigenvalue weighted by atomic mass is 10.1. The number of hydrogen-bond acceptors (Lipinski definition) is 4. The summed E-state index contributed by atoms with van der Waals surface area (Å²) in [5.41, 5.74) is 7.04. The molecule has 98 valence electrons. The lowest BCUT2D eigenvalue weighted by molar-refractivity contribution is -0.142. The van der Waals surface area contributed by atoms with Gasteiger partial charge in [0.05, 0.1) is 13.0 Å². The first-order chi connectivity index (χ1) is 8.58. The molecule has 0 aliphatic carbocycles. The van der Waals surface area contributed by atoms with Gasteiger partial charge in [0.25, 0.3) is 0 Å². The lowest BCUT2D eigenvalue weighted by Gasteiger charge is -2.05. The molecule has 1 aromatic rings. The topological polar surface area (TPSA) is 102 Å². The minimum atomic E-state index is -1.03. The number of nitrogens with one attached hydrogen (secondary N) is 1. The predicted octanol–water partition coefficient (Wildman–Crippen LogP) is 0.0287. The second kappa shape index (κ2) is 7.29. The molecule has 1 amide bonds. The van der Waals surface area contributed by atoms with E-state index in [1.54, 1.807) is 18.2 Å². The molecular weight excluding hydrogens is 236 g/mol. The highest BCUT2D eigenvalue weighted by molar-refractivity contribution is 5.78. The maximum absolute atomic E-state index is 11.5. The summed E-state index contributed by atoms with van der Waals surface area (Å²) in [7, 11) is 0. The van der Waals surface area contributed by atoms with Crippen LogP contribution in [0.25, 0.3) is 0 Å². The molecule has 6 heteroatoms. The van der Waals surface area contributed by atoms with Crippen molar-refractivity contribution in [3.8, 4) is 0 Å². The van der Waals surface area contributed by atoms with Gasteiger partial charge in [-0.1, -0.05) is 12.1 Å². The summed E-state index contributed by atoms with van der Waals surface area (Å²) in [5, 5.41) is 10.9. The number of anilines is 1. The van der Waals surface area contributed by atoms with Crippen molar-refractivity contribution in [2.75, 3.05) is 25.5 Å². The Morgan fingerprint density at radius 3 is 2.83 bits per heavy atom. The summed E-state index contributed by atoms with van der Waals surface area (Å²) in [6, 6.07) is 7.09. The lowest BCUT2D eigenvalue weighted by Crippen LogP contribution is -2.29. The van der Waals surface area contributed by atoms with Crippen LogP contribution in [0.5, 0.6) is 0 Å². The van der Waals surface area contributed by atoms with Gasteiger partial charge in [0.2, 0.25) is 5.91 Å². The molecule has 0 aliphatic heterocycles. The van der Waals surface area contributed by atoms with E-state index in [0.717, 1.165) is 5.56 Å². The molecule has 0 aromatic heterocycles. The van der Waals surface area contributed by atoms with Crippen molar-refractivity contribution in [2.24, 2.45) is 0 Å². The second-order valence-corrected chi connectivity index (χ2v) is 3.72. The van der Waals surface area contributed by atoms with Crippen molar-refractivity contribution >= 4 is 17.6 Å². The molecule has 6 nitrogen and oxygen atoms in total. The highest BCUT2D eigenvalue weighted by atomic mass is 16.5. The number of carboxylic acid groups (broad SMARTS) is 1. The van der Waals surface area contributed by atoms with Gasteiger partial charge in [-0.2, -0.15) is 0 Å². The highest BCUT2D eigenvalue weighted by Crippen LogP contribution is 2.06. The van der Waals surface area contributed by atoms with E-state index in [0.29, 0.717) is 5.69 Å². The van der Waals surface area contributed by atoms with Gasteiger partial charge >= 0.3 is 5.97 Å². The summed E-state index contributed by atoms with van der Waals surface area (Å²) < 4.78 is 4.78. The minimum absolute atomic E-state index is 0.153. The van der Waals surface area contributed by atoms with Gasteiger partial charge in [-0.15, -0.1) is 0 Å². The van der Waals surface area contributed by atoms with Crippen molar-refractivity contribution < 1.29 is 19.4 Å². The summed E-state index contributed by atoms with van der Waals surface area (Å²) in [5.74, 6) is -1.18. The minimum Gasteiger partial charge on any atom is -0.480 e. The van der Waals surface area contributed by atoms with Crippen LogP contribution in [0.1, 0.15) is 5.56 Å². The Labute approximate surface area is 105 Å². The quantitative estimate of drug-likeness (QED) is 0.469. The molecule has 0 fully saturated rings. The number of nitrogens with two attached hydrogens (primary N) is 1. The van der Waals surface area contributed by atoms with Gasteiger partial charge < -0.3 is 20.9 Å². The van der Waals surface area contributed by atoms with Gasteiger partial charge in [-0.05, 0) is 17.7 Å². The van der Waals surface area contributed by atoms with Gasteiger partial charge in [0, 0.05) is 12.2 Å². The van der Waals surface area contributed by atoms with Crippen LogP contribution >= 0.6 is 0 Å². The molecule has 0 heterocycles. The third-order valence-electron chi connectivity index (χ3n) is 2.11. The average Bonchev–Trinajstić information content (AvgIpc) is 2.28. The van der Waals surface area contributed by atoms with E-state index >= 15 is 0 Å². The zero-order valence-corrected chi connectivity index (χ0v) is 9.89. The third-order valence-corrected chi connectivity index (χ3v) is 2.11. The smallest absolute Gasteiger partial charge is 0.329 e. The predicted molar refractivity (Wildman–Crippen MR) is 66.0 cm³/mol. The molecule has 0 radical (unpaired) electrons. The Bertz CT molecular complexity index is 420. The molecule has 0 bridgehead atoms. The maximum atomic E-state index is 11.5. The van der Waals surface area contributed by atoms with Crippen LogP contribution in [0.2, 0.25) is 0 Å². The molecule has 1 aromatic carbocycles. The number of benzene rings is 1. The number of rotatable bonds is 7. The first-order valence-electron chi connectivity index (χ1n) is 5.48. The molecule has 4 N–H and O–H groups in total. The van der Waals surface area contributed by atoms with Crippen LogP contribution < -0.4 is 11.1 Å². The van der Waals surface area contributed by atoms with E-state index in [4.69, 9.17) is 15.6 Å². The van der Waals surface area contributed by atoms with E-state index in [9.17, 15) is 9.59 Å². The second-order valence-electron chi connectivity index (χ2n) is 3.72. The number of carboxylic acids is 1. The van der Waals surface area contributed by atoms with Crippen LogP contribution in [0.4, 0.5) is 5.69 Å². The van der Waals surface area contributed by atoms with E-state index in [1.165, 1.54) is 0 Å². The zero-order chi connectivity index (χ0) is 13.4. The van der Waals surface area contributed by atoms with Crippen LogP contribution in [-0.4, -0.2) is 36.7 Å². The molecule has 0 spiro atoms. The summed E-state index contributed by atoms with van der Waals surface area (Å²) >= 11 is 0. The Hall–Kier alpha value is -2.08. The van der Waals surface area contributed by atoms with Crippen LogP contribution in [0, 0.1) is 0 Å². The summed E-state index contributed by atoms with van der Waals surface area (Å²) in [6.45, 7) is 0.106. The standard InChI is InChI=1S/C12H16N2O4/c13-10-3-1-2-9(6-10)7-11(15)14-4-5-18-8-12(16)17/h1-3,6H,4-5,7-8,13H2,(H,14,15)(H,16,17). The van der Waals surface area contributed by atoms with Gasteiger partial charge in [0.15, 0.2) is 0 Å². The highest BCUT2D eigenvalue weighted by Gasteiger charge is 2.03. The number of amides is 1. The van der Waals surface area contributed by atoms with Gasteiger partial charge in [-0.25, -0.2) is 4.79 Å². The van der Waals surface area contributed by atoms with E-state index in [-0.39, 0.29) is 32.1 Å². The van der Waals surface area contributed by atoms with Crippen LogP contribution in [0.15, 0.2) is 24.3 Å². The average molecular weight is 252 g/mol. The van der Waals surface area contributed by atoms with Gasteiger partial charge in [0.1, 0.15) is 6.61 Å². The number of carbonyl (C=O) groups is 2. The molecule has 0 saturated heterocycles. The Morgan fingerprint density at radius 2 is 2.17 bits per heavy atom. The van der Waals surface area contributed by atoms with Crippen molar-refractivity contribution in [1.82, 2.24) is 5.32 Å². The fraction of sp³-hybridized carbons (Fsp3) is 0.333. The molecule has 18 heavy (non-hydrogen) atoms. The number of carbonyl (C=O) groups excluding carboxylic acids is 1. The van der Waals surface area contributed by atoms with Crippen molar-refractivity contribution in [3.63, 3.8) is 0 Å². The van der Waals surface area contributed by atoms with E-state index in [1.807, 2.05) is 6.07 Å². The van der Waals surface area contributed by atoms with Gasteiger partial charge in [-0.3, -0.25) is 4.79 Å². The fourth-order valence-electron chi connectivity index (χ4n) is 1.37. The van der Waals surface area contributed by atoms with E-state index < -0.39 is 5.97 Å². The Balaban J connectivity index is 2.20. The summed E-state index contributed by atoms with van der Waals surface area (Å²) in [4.78, 5) is 21.6. The normalized spacial score (nSPS) is 10.0. The Morgan fingerprint density at radius 1 is 1.39 bits per heavy atom. The van der Waals surface area contributed by atoms with Crippen LogP contribution in [-0.2, 0) is 20.7 Å². The Kier molecular flexibility index (Phi) is 5.66. The monoisotopic (exact) mass is 252 g/mol. The number of ether oxygens (including phenoxy) is 1. The summed E-state index contributed by atoms with van der Waals surface area (Å²) in [6.07, 6.45) is 0.240. The van der Waals surface area contributed by atoms with Crippen molar-refractivity contribution in [2.45, 2.75) is 6.42 Å². The third kappa shape index (κ3) is 5.86. The molecule has 0 unspecified atom stereocenters. The molecule has 0 aliphatic rings.